The van der Waals surface area contributed by atoms with Crippen LogP contribution in [0.2, 0.25) is 0 Å². The average molecular weight is 817 g/mol. The molecule has 0 unspecified atom stereocenters. The number of carbonyl (C=O) groups excluding carboxylic acids is 4. The van der Waals surface area contributed by atoms with E-state index in [4.69, 9.17) is 0 Å². The van der Waals surface area contributed by atoms with E-state index in [0.29, 0.717) is 0 Å². The molecule has 291 valence electrons. The molecule has 0 spiro atoms. The summed E-state index contributed by atoms with van der Waals surface area (Å²) >= 11 is 0. The molecule has 0 N–H and O–H groups in total. The van der Waals surface area contributed by atoms with Crippen LogP contribution in [0, 0.1) is 7.43 Å². The predicted molar refractivity (Wildman–Crippen MR) is 238 cm³/mol. The average Bonchev–Trinajstić information content (AvgIpc) is 3.26. The van der Waals surface area contributed by atoms with E-state index in [0.717, 1.165) is 40.4 Å². The van der Waals surface area contributed by atoms with E-state index in [-0.39, 0.29) is 51.7 Å². The Hall–Kier alpha value is -4.90. The molecule has 0 bridgehead atoms. The van der Waals surface area contributed by atoms with Gasteiger partial charge in [-0.1, -0.05) is 225 Å². The third kappa shape index (κ3) is 37.2. The Morgan fingerprint density at radius 3 is 0.745 bits per heavy atom. The number of allylic oxidation sites excluding steroid dienone is 3. The van der Waals surface area contributed by atoms with Crippen LogP contribution in [0.25, 0.3) is 18.2 Å². The van der Waals surface area contributed by atoms with Crippen LogP contribution < -0.4 is 0 Å². The fraction of sp³-hybridized carbons (Fsp3) is 0.180. The maximum absolute atomic E-state index is 11.6. The van der Waals surface area contributed by atoms with Gasteiger partial charge in [0.25, 0.3) is 0 Å². The van der Waals surface area contributed by atoms with Crippen molar-refractivity contribution in [3.05, 3.63) is 205 Å². The van der Waals surface area contributed by atoms with Crippen LogP contribution in [-0.2, 0) is 42.3 Å². The number of rotatable bonds is 8. The third-order valence-corrected chi connectivity index (χ3v) is 5.66. The summed E-state index contributed by atoms with van der Waals surface area (Å²) in [6.45, 7) is 17.5. The molecular weight excluding hydrogens is 753 g/mol. The molecule has 1 radical (unpaired) electrons. The van der Waals surface area contributed by atoms with Crippen molar-refractivity contribution in [1.29, 1.82) is 0 Å². The van der Waals surface area contributed by atoms with Gasteiger partial charge in [0.15, 0.2) is 11.6 Å². The van der Waals surface area contributed by atoms with E-state index in [2.05, 4.69) is 0 Å². The first-order valence-corrected chi connectivity index (χ1v) is 18.2. The molecule has 0 amide bonds. The second-order valence-corrected chi connectivity index (χ2v) is 9.30. The van der Waals surface area contributed by atoms with Crippen LogP contribution in [0.1, 0.15) is 99.7 Å². The minimum absolute atomic E-state index is 0. The summed E-state index contributed by atoms with van der Waals surface area (Å²) in [5.41, 5.74) is 4.57. The topological polar surface area (TPSA) is 68.3 Å². The Balaban J connectivity index is -0.000000197. The second kappa shape index (κ2) is 47.1. The van der Waals surface area contributed by atoms with Gasteiger partial charge < -0.3 is 7.43 Å². The van der Waals surface area contributed by atoms with Gasteiger partial charge >= 0.3 is 0 Å². The van der Waals surface area contributed by atoms with E-state index in [1.165, 1.54) is 0 Å². The molecule has 0 saturated carbocycles. The van der Waals surface area contributed by atoms with Crippen LogP contribution in [0.4, 0.5) is 0 Å². The van der Waals surface area contributed by atoms with Crippen molar-refractivity contribution in [2.75, 3.05) is 0 Å². The summed E-state index contributed by atoms with van der Waals surface area (Å²) in [7, 11) is 0. The summed E-state index contributed by atoms with van der Waals surface area (Å²) in [6.07, 6.45) is 11.8. The number of hydrogen-bond acceptors (Lipinski definition) is 4. The molecule has 0 heterocycles. The van der Waals surface area contributed by atoms with Crippen LogP contribution in [-0.4, -0.2) is 24.1 Å². The van der Waals surface area contributed by atoms with Gasteiger partial charge in [-0.05, 0) is 41.8 Å². The maximum Gasteiger partial charge on any atom is 0.178 e. The fourth-order valence-corrected chi connectivity index (χ4v) is 3.38. The molecule has 5 rings (SSSR count). The van der Waals surface area contributed by atoms with Gasteiger partial charge in [-0.3, -0.25) is 19.2 Å². The van der Waals surface area contributed by atoms with E-state index in [1.54, 1.807) is 49.4 Å². The summed E-state index contributed by atoms with van der Waals surface area (Å²) in [5.74, 6) is 0.0663. The third-order valence-electron chi connectivity index (χ3n) is 5.66. The summed E-state index contributed by atoms with van der Waals surface area (Å²) in [4.78, 5) is 42.2. The first kappa shape index (κ1) is 59.4. The van der Waals surface area contributed by atoms with Crippen molar-refractivity contribution in [2.45, 2.75) is 62.3 Å². The van der Waals surface area contributed by atoms with E-state index >= 15 is 0 Å². The van der Waals surface area contributed by atoms with Gasteiger partial charge in [0.2, 0.25) is 0 Å². The predicted octanol–water partition coefficient (Wildman–Crippen LogP) is 13.8. The van der Waals surface area contributed by atoms with Crippen LogP contribution in [0.5, 0.6) is 0 Å². The zero-order chi connectivity index (χ0) is 40.4. The smallest absolute Gasteiger partial charge is 0.178 e. The molecule has 0 aromatic heterocycles. The molecule has 55 heavy (non-hydrogen) atoms. The normalized spacial score (nSPS) is 8.60. The van der Waals surface area contributed by atoms with Gasteiger partial charge in [0, 0.05) is 43.8 Å². The number of aldehydes is 2. The summed E-state index contributed by atoms with van der Waals surface area (Å²) < 4.78 is 0. The Bertz CT molecular complexity index is 1540. The van der Waals surface area contributed by atoms with Crippen molar-refractivity contribution in [2.24, 2.45) is 0 Å². The number of hydrogen-bond donors (Lipinski definition) is 0. The summed E-state index contributed by atoms with van der Waals surface area (Å²) in [6, 6.07) is 47.5. The van der Waals surface area contributed by atoms with Crippen molar-refractivity contribution in [3.8, 4) is 0 Å². The molecule has 0 aliphatic rings. The monoisotopic (exact) mass is 816 g/mol. The molecule has 0 aliphatic heterocycles. The number of benzene rings is 5. The van der Waals surface area contributed by atoms with Crippen molar-refractivity contribution >= 4 is 42.4 Å². The molecule has 5 aromatic carbocycles. The molecule has 0 fully saturated rings. The van der Waals surface area contributed by atoms with Gasteiger partial charge in [-0.15, -0.1) is 0 Å². The molecule has 0 atom stereocenters. The zero-order valence-corrected chi connectivity index (χ0v) is 37.6. The molecule has 5 aromatic rings. The van der Waals surface area contributed by atoms with Crippen LogP contribution in [0.15, 0.2) is 170 Å². The first-order valence-electron chi connectivity index (χ1n) is 18.2. The minimum atomic E-state index is -0.0114. The largest absolute Gasteiger partial charge is 0.358 e. The van der Waals surface area contributed by atoms with E-state index in [1.807, 2.05) is 201 Å². The van der Waals surface area contributed by atoms with Gasteiger partial charge in [-0.2, -0.15) is 0 Å². The van der Waals surface area contributed by atoms with Crippen molar-refractivity contribution in [3.63, 3.8) is 0 Å². The Morgan fingerprint density at radius 1 is 0.364 bits per heavy atom. The number of ketones is 2. The Morgan fingerprint density at radius 2 is 0.564 bits per heavy atom. The minimum Gasteiger partial charge on any atom is -0.358 e. The molecule has 0 aliphatic carbocycles. The van der Waals surface area contributed by atoms with Gasteiger partial charge in [-0.25, -0.2) is 0 Å². The Kier molecular flexibility index (Phi) is 50.9. The maximum atomic E-state index is 11.6. The molecule has 4 nitrogen and oxygen atoms in total. The van der Waals surface area contributed by atoms with E-state index < -0.39 is 0 Å². The van der Waals surface area contributed by atoms with Crippen LogP contribution >= 0.6 is 0 Å². The summed E-state index contributed by atoms with van der Waals surface area (Å²) in [5, 5.41) is 0. The second-order valence-electron chi connectivity index (χ2n) is 9.30. The zero-order valence-electron chi connectivity index (χ0n) is 34.8. The first-order chi connectivity index (χ1) is 26.0. The van der Waals surface area contributed by atoms with Crippen LogP contribution in [0.3, 0.4) is 0 Å². The Labute approximate surface area is 359 Å². The molecule has 0 saturated heterocycles. The van der Waals surface area contributed by atoms with Gasteiger partial charge in [0.05, 0.1) is 0 Å². The standard InChI is InChI=1S/C17H14O.C10H10O.2C7H6O.4C2H6.CH3.Y/c18-17(13-11-15-7-3-1-4-8-15)14-12-16-9-5-2-6-10-16;1-9(11)7-8-10-5-3-2-4-6-10;2*8-6-7-4-2-1-3-5-7;4*1-2;;/h1-14H;2-8H,1H3;2*1-6H;4*1-2H3;1H3;/q;;;;;;;;-1;/b13-11+,14-12+;8-7+;;;;;;;;. The molecular formula is C50H63O4Y-. The van der Waals surface area contributed by atoms with Gasteiger partial charge in [0.1, 0.15) is 12.6 Å². The number of carbonyl (C=O) groups is 4. The quantitative estimate of drug-likeness (QED) is 0.0889. The molecule has 5 heteroatoms. The fourth-order valence-electron chi connectivity index (χ4n) is 3.38. The van der Waals surface area contributed by atoms with E-state index in [9.17, 15) is 19.2 Å². The van der Waals surface area contributed by atoms with Crippen molar-refractivity contribution < 1.29 is 51.9 Å². The van der Waals surface area contributed by atoms with Crippen molar-refractivity contribution in [1.82, 2.24) is 0 Å². The SMILES string of the molecule is CC.CC.CC.CC.CC(=O)/C=C/c1ccccc1.O=C(/C=C/c1ccccc1)/C=C/c1ccccc1.O=Cc1ccccc1.O=Cc1ccccc1.[CH3-].[Y].